The normalized spacial score (nSPS) is 13.8. The highest BCUT2D eigenvalue weighted by molar-refractivity contribution is 5.95. The van der Waals surface area contributed by atoms with Gasteiger partial charge < -0.3 is 20.8 Å². The minimum absolute atomic E-state index is 0.0315. The molecule has 3 aromatic rings. The fourth-order valence-electron chi connectivity index (χ4n) is 3.54. The third-order valence-electron chi connectivity index (χ3n) is 5.37. The van der Waals surface area contributed by atoms with Gasteiger partial charge in [0.2, 0.25) is 0 Å². The van der Waals surface area contributed by atoms with E-state index in [1.54, 1.807) is 60.7 Å². The summed E-state index contributed by atoms with van der Waals surface area (Å²) in [5.41, 5.74) is -0.263. The minimum atomic E-state index is -4.62. The quantitative estimate of drug-likeness (QED) is 0.360. The Morgan fingerprint density at radius 2 is 1.44 bits per heavy atom. The maximum atomic E-state index is 13.0. The lowest BCUT2D eigenvalue weighted by Gasteiger charge is -2.25. The first-order valence-corrected chi connectivity index (χ1v) is 10.8. The topological polar surface area (TPSA) is 116 Å². The van der Waals surface area contributed by atoms with Gasteiger partial charge in [-0.3, -0.25) is 9.59 Å². The number of hydrogen-bond donors (Lipinski definition) is 4. The van der Waals surface area contributed by atoms with E-state index in [1.807, 2.05) is 0 Å². The van der Waals surface area contributed by atoms with Crippen molar-refractivity contribution in [2.75, 3.05) is 0 Å². The molecule has 0 unspecified atom stereocenters. The van der Waals surface area contributed by atoms with Gasteiger partial charge in [0.05, 0.1) is 11.6 Å². The molecule has 0 saturated carbocycles. The number of alkyl halides is 3. The van der Waals surface area contributed by atoms with E-state index in [4.69, 9.17) is 0 Å². The maximum absolute atomic E-state index is 13.0. The van der Waals surface area contributed by atoms with Crippen LogP contribution in [0.4, 0.5) is 13.2 Å². The molecule has 0 fully saturated rings. The van der Waals surface area contributed by atoms with Crippen molar-refractivity contribution in [3.63, 3.8) is 0 Å². The van der Waals surface area contributed by atoms with E-state index in [9.17, 15) is 37.8 Å². The molecule has 0 heterocycles. The van der Waals surface area contributed by atoms with Crippen molar-refractivity contribution < 1.29 is 37.8 Å². The molecule has 0 saturated heterocycles. The first kappa shape index (κ1) is 26.4. The summed E-state index contributed by atoms with van der Waals surface area (Å²) in [5.74, 6) is -3.19. The van der Waals surface area contributed by atoms with Gasteiger partial charge in [-0.1, -0.05) is 66.7 Å². The number of carbonyl (C=O) groups is 3. The average Bonchev–Trinajstić information content (AvgIpc) is 2.87. The summed E-state index contributed by atoms with van der Waals surface area (Å²) in [4.78, 5) is 37.3. The van der Waals surface area contributed by atoms with E-state index in [2.05, 4.69) is 10.6 Å². The fraction of sp³-hybridized carbons (Fsp3) is 0.192. The Balaban J connectivity index is 1.79. The smallest absolute Gasteiger partial charge is 0.416 e. The Morgan fingerprint density at radius 3 is 2.03 bits per heavy atom. The summed E-state index contributed by atoms with van der Waals surface area (Å²) in [6, 6.07) is 17.4. The number of carboxylic acid groups (broad SMARTS) is 1. The number of nitrogens with one attached hydrogen (secondary N) is 2. The summed E-state index contributed by atoms with van der Waals surface area (Å²) in [6.07, 6.45) is -6.97. The molecule has 7 nitrogen and oxygen atoms in total. The van der Waals surface area contributed by atoms with Crippen molar-refractivity contribution in [2.45, 2.75) is 30.8 Å². The first-order valence-electron chi connectivity index (χ1n) is 10.8. The van der Waals surface area contributed by atoms with Gasteiger partial charge in [-0.2, -0.15) is 13.2 Å². The zero-order valence-corrected chi connectivity index (χ0v) is 18.8. The second-order valence-corrected chi connectivity index (χ2v) is 7.97. The van der Waals surface area contributed by atoms with Crippen LogP contribution < -0.4 is 10.6 Å². The van der Waals surface area contributed by atoms with Crippen LogP contribution in [0, 0.1) is 0 Å². The first-order chi connectivity index (χ1) is 17.1. The van der Waals surface area contributed by atoms with Gasteiger partial charge in [0.15, 0.2) is 6.10 Å². The number of halogens is 3. The number of hydrogen-bond acceptors (Lipinski definition) is 4. The summed E-state index contributed by atoms with van der Waals surface area (Å²) in [6.45, 7) is 0. The van der Waals surface area contributed by atoms with Crippen molar-refractivity contribution in [1.82, 2.24) is 10.6 Å². The molecule has 4 N–H and O–H groups in total. The average molecular weight is 500 g/mol. The lowest BCUT2D eigenvalue weighted by atomic mass is 9.99. The Morgan fingerprint density at radius 1 is 0.833 bits per heavy atom. The third kappa shape index (κ3) is 6.92. The van der Waals surface area contributed by atoms with Crippen molar-refractivity contribution in [3.8, 4) is 0 Å². The van der Waals surface area contributed by atoms with Gasteiger partial charge in [-0.05, 0) is 29.3 Å². The predicted octanol–water partition coefficient (Wildman–Crippen LogP) is 3.35. The van der Waals surface area contributed by atoms with Crippen molar-refractivity contribution in [1.29, 1.82) is 0 Å². The lowest BCUT2D eigenvalue weighted by Crippen LogP contribution is -2.50. The number of carboxylic acids is 1. The van der Waals surface area contributed by atoms with Crippen molar-refractivity contribution in [2.24, 2.45) is 0 Å². The molecule has 3 rings (SSSR count). The minimum Gasteiger partial charge on any atom is -0.480 e. The Hall–Kier alpha value is -4.18. The van der Waals surface area contributed by atoms with Crippen LogP contribution in [0.5, 0.6) is 0 Å². The highest BCUT2D eigenvalue weighted by Crippen LogP contribution is 2.29. The van der Waals surface area contributed by atoms with E-state index in [0.29, 0.717) is 5.56 Å². The Labute approximate surface area is 204 Å². The van der Waals surface area contributed by atoms with Crippen LogP contribution in [-0.2, 0) is 22.2 Å². The molecular formula is C26H23F3N2O5. The van der Waals surface area contributed by atoms with E-state index in [-0.39, 0.29) is 11.1 Å². The van der Waals surface area contributed by atoms with Gasteiger partial charge in [0.25, 0.3) is 11.8 Å². The third-order valence-corrected chi connectivity index (χ3v) is 5.37. The van der Waals surface area contributed by atoms with Crippen LogP contribution in [0.3, 0.4) is 0 Å². The second kappa shape index (κ2) is 11.5. The second-order valence-electron chi connectivity index (χ2n) is 7.97. The van der Waals surface area contributed by atoms with Crippen LogP contribution in [0.1, 0.15) is 33.1 Å². The van der Waals surface area contributed by atoms with Crippen LogP contribution in [0.15, 0.2) is 84.9 Å². The van der Waals surface area contributed by atoms with Gasteiger partial charge in [0.1, 0.15) is 6.04 Å². The van der Waals surface area contributed by atoms with E-state index >= 15 is 0 Å². The molecule has 0 aromatic heterocycles. The number of aliphatic carboxylic acids is 1. The van der Waals surface area contributed by atoms with E-state index in [1.165, 1.54) is 6.07 Å². The van der Waals surface area contributed by atoms with Gasteiger partial charge >= 0.3 is 12.1 Å². The van der Waals surface area contributed by atoms with E-state index < -0.39 is 54.1 Å². The lowest BCUT2D eigenvalue weighted by molar-refractivity contribution is -0.143. The van der Waals surface area contributed by atoms with E-state index in [0.717, 1.165) is 18.2 Å². The highest BCUT2D eigenvalue weighted by atomic mass is 19.4. The highest BCUT2D eigenvalue weighted by Gasteiger charge is 2.33. The molecular weight excluding hydrogens is 477 g/mol. The molecule has 3 aromatic carbocycles. The van der Waals surface area contributed by atoms with Gasteiger partial charge in [0, 0.05) is 12.0 Å². The number of rotatable bonds is 9. The summed E-state index contributed by atoms with van der Waals surface area (Å²) >= 11 is 0. The van der Waals surface area contributed by atoms with Crippen molar-refractivity contribution in [3.05, 3.63) is 107 Å². The van der Waals surface area contributed by atoms with Gasteiger partial charge in [-0.15, -0.1) is 0 Å². The molecule has 0 radical (unpaired) electrons. The van der Waals surface area contributed by atoms with Crippen LogP contribution >= 0.6 is 0 Å². The Kier molecular flexibility index (Phi) is 8.44. The molecule has 0 aliphatic heterocycles. The summed E-state index contributed by atoms with van der Waals surface area (Å²) < 4.78 is 39.0. The van der Waals surface area contributed by atoms with Gasteiger partial charge in [-0.25, -0.2) is 4.79 Å². The summed E-state index contributed by atoms with van der Waals surface area (Å²) in [5, 5.41) is 25.1. The van der Waals surface area contributed by atoms with Crippen LogP contribution in [0.25, 0.3) is 0 Å². The SMILES string of the molecule is O=C(N[C@@H](c1ccccc1)[C@@H](O)C(=O)N[C@@H](Cc1cccc(C(F)(F)F)c1)C(=O)O)c1ccccc1. The number of benzene rings is 3. The number of aliphatic hydroxyl groups is 1. The molecule has 10 heteroatoms. The summed E-state index contributed by atoms with van der Waals surface area (Å²) in [7, 11) is 0. The Bertz CT molecular complexity index is 1200. The molecule has 3 atom stereocenters. The van der Waals surface area contributed by atoms with Crippen molar-refractivity contribution >= 4 is 17.8 Å². The van der Waals surface area contributed by atoms with Crippen LogP contribution in [-0.4, -0.2) is 40.1 Å². The molecule has 188 valence electrons. The molecule has 0 aliphatic rings. The molecule has 0 bridgehead atoms. The number of aliphatic hydroxyl groups excluding tert-OH is 1. The zero-order valence-electron chi connectivity index (χ0n) is 18.8. The standard InChI is InChI=1S/C26H23F3N2O5/c27-26(28,29)19-13-7-8-16(14-19)15-20(25(35)36)30-24(34)22(32)21(17-9-3-1-4-10-17)31-23(33)18-11-5-2-6-12-18/h1-14,20-22,32H,15H2,(H,30,34)(H,31,33)(H,35,36)/t20-,21-,22+/m0/s1. The maximum Gasteiger partial charge on any atom is 0.416 e. The fourth-order valence-corrected chi connectivity index (χ4v) is 3.54. The molecule has 0 aliphatic carbocycles. The number of carbonyl (C=O) groups excluding carboxylic acids is 2. The largest absolute Gasteiger partial charge is 0.480 e. The number of amides is 2. The zero-order chi connectivity index (χ0) is 26.3. The molecule has 0 spiro atoms. The predicted molar refractivity (Wildman–Crippen MR) is 124 cm³/mol. The molecule has 36 heavy (non-hydrogen) atoms. The molecule has 2 amide bonds. The monoisotopic (exact) mass is 500 g/mol. The van der Waals surface area contributed by atoms with Crippen LogP contribution in [0.2, 0.25) is 0 Å².